The first kappa shape index (κ1) is 17.4. The molecule has 0 atom stereocenters. The molecule has 0 aliphatic carbocycles. The zero-order valence-corrected chi connectivity index (χ0v) is 14.4. The summed E-state index contributed by atoms with van der Waals surface area (Å²) >= 11 is 0. The van der Waals surface area contributed by atoms with Gasteiger partial charge in [0, 0.05) is 25.8 Å². The van der Waals surface area contributed by atoms with Gasteiger partial charge in [0.15, 0.2) is 0 Å². The number of piperidine rings is 1. The largest absolute Gasteiger partial charge is 0.392 e. The van der Waals surface area contributed by atoms with Crippen LogP contribution < -0.4 is 10.2 Å². The summed E-state index contributed by atoms with van der Waals surface area (Å²) in [5, 5.41) is 12.1. The average molecular weight is 339 g/mol. The monoisotopic (exact) mass is 339 g/mol. The number of pyridine rings is 1. The quantitative estimate of drug-likeness (QED) is 0.849. The van der Waals surface area contributed by atoms with E-state index in [-0.39, 0.29) is 12.5 Å². The van der Waals surface area contributed by atoms with Crippen molar-refractivity contribution in [2.75, 3.05) is 24.5 Å². The maximum Gasteiger partial charge on any atom is 0.255 e. The Morgan fingerprint density at radius 3 is 2.52 bits per heavy atom. The Kier molecular flexibility index (Phi) is 6.01. The van der Waals surface area contributed by atoms with Crippen molar-refractivity contribution in [3.63, 3.8) is 0 Å². The van der Waals surface area contributed by atoms with Crippen molar-refractivity contribution in [2.24, 2.45) is 0 Å². The third-order valence-corrected chi connectivity index (χ3v) is 4.59. The number of carbonyl (C=O) groups is 1. The molecule has 132 valence electrons. The van der Waals surface area contributed by atoms with Crippen LogP contribution in [0.2, 0.25) is 0 Å². The minimum Gasteiger partial charge on any atom is -0.392 e. The molecule has 1 aromatic carbocycles. The van der Waals surface area contributed by atoms with Gasteiger partial charge in [-0.2, -0.15) is 0 Å². The van der Waals surface area contributed by atoms with E-state index in [0.29, 0.717) is 12.1 Å². The summed E-state index contributed by atoms with van der Waals surface area (Å²) in [6.07, 6.45) is 6.07. The summed E-state index contributed by atoms with van der Waals surface area (Å²) in [4.78, 5) is 19.3. The Morgan fingerprint density at radius 1 is 1.08 bits per heavy atom. The molecular weight excluding hydrogens is 314 g/mol. The molecule has 1 saturated heterocycles. The Labute approximate surface area is 148 Å². The molecule has 0 unspecified atom stereocenters. The molecular formula is C20H25N3O2. The first-order valence-electron chi connectivity index (χ1n) is 8.95. The average Bonchev–Trinajstić information content (AvgIpc) is 2.69. The molecule has 5 nitrogen and oxygen atoms in total. The van der Waals surface area contributed by atoms with Gasteiger partial charge in [-0.1, -0.05) is 24.3 Å². The van der Waals surface area contributed by atoms with Gasteiger partial charge < -0.3 is 15.3 Å². The number of carbonyl (C=O) groups excluding carboxylic acids is 1. The normalized spacial score (nSPS) is 14.4. The van der Waals surface area contributed by atoms with Crippen LogP contribution in [0, 0.1) is 0 Å². The Balaban J connectivity index is 1.59. The second-order valence-electron chi connectivity index (χ2n) is 6.40. The zero-order valence-electron chi connectivity index (χ0n) is 14.4. The molecule has 1 amide bonds. The number of nitrogens with zero attached hydrogens (tertiary/aromatic N) is 2. The molecule has 2 heterocycles. The maximum atomic E-state index is 12.6. The van der Waals surface area contributed by atoms with Crippen molar-refractivity contribution in [1.29, 1.82) is 0 Å². The van der Waals surface area contributed by atoms with Crippen molar-refractivity contribution < 1.29 is 9.90 Å². The van der Waals surface area contributed by atoms with E-state index in [1.807, 2.05) is 36.4 Å². The number of aliphatic hydroxyl groups is 1. The van der Waals surface area contributed by atoms with Crippen LogP contribution in [0.3, 0.4) is 0 Å². The third-order valence-electron chi connectivity index (χ3n) is 4.59. The van der Waals surface area contributed by atoms with Crippen LogP contribution in [0.15, 0.2) is 42.6 Å². The summed E-state index contributed by atoms with van der Waals surface area (Å²) in [5.41, 5.74) is 2.69. The lowest BCUT2D eigenvalue weighted by atomic mass is 10.1. The van der Waals surface area contributed by atoms with Gasteiger partial charge in [0.25, 0.3) is 5.91 Å². The highest BCUT2D eigenvalue weighted by Crippen LogP contribution is 2.21. The molecule has 1 aliphatic heterocycles. The summed E-state index contributed by atoms with van der Waals surface area (Å²) in [6, 6.07) is 11.5. The van der Waals surface area contributed by atoms with E-state index in [0.717, 1.165) is 49.3 Å². The molecule has 1 aromatic heterocycles. The lowest BCUT2D eigenvalue weighted by molar-refractivity contribution is 0.0954. The van der Waals surface area contributed by atoms with Gasteiger partial charge in [-0.25, -0.2) is 4.98 Å². The van der Waals surface area contributed by atoms with Gasteiger partial charge >= 0.3 is 0 Å². The minimum absolute atomic E-state index is 0.0529. The van der Waals surface area contributed by atoms with E-state index >= 15 is 0 Å². The molecule has 0 bridgehead atoms. The van der Waals surface area contributed by atoms with Crippen LogP contribution in [0.25, 0.3) is 0 Å². The fourth-order valence-corrected chi connectivity index (χ4v) is 3.16. The number of hydrogen-bond donors (Lipinski definition) is 2. The SMILES string of the molecule is O=C(NCCc1ccc(CO)cc1)c1cccnc1N1CCCCC1. The molecule has 1 fully saturated rings. The van der Waals surface area contributed by atoms with E-state index in [1.54, 1.807) is 6.20 Å². The number of anilines is 1. The molecule has 5 heteroatoms. The van der Waals surface area contributed by atoms with E-state index in [9.17, 15) is 4.79 Å². The van der Waals surface area contributed by atoms with Crippen molar-refractivity contribution in [1.82, 2.24) is 10.3 Å². The van der Waals surface area contributed by atoms with Crippen LogP contribution >= 0.6 is 0 Å². The lowest BCUT2D eigenvalue weighted by Crippen LogP contribution is -2.34. The number of rotatable bonds is 6. The highest BCUT2D eigenvalue weighted by Gasteiger charge is 2.19. The summed E-state index contributed by atoms with van der Waals surface area (Å²) in [7, 11) is 0. The predicted molar refractivity (Wildman–Crippen MR) is 98.7 cm³/mol. The van der Waals surface area contributed by atoms with Crippen molar-refractivity contribution >= 4 is 11.7 Å². The molecule has 2 N–H and O–H groups in total. The molecule has 0 spiro atoms. The van der Waals surface area contributed by atoms with Crippen LogP contribution in [0.1, 0.15) is 40.7 Å². The standard InChI is InChI=1S/C20H25N3O2/c24-15-17-8-6-16(7-9-17)10-12-22-20(25)18-5-4-11-21-19(18)23-13-2-1-3-14-23/h4-9,11,24H,1-3,10,12-15H2,(H,22,25). The lowest BCUT2D eigenvalue weighted by Gasteiger charge is -2.29. The minimum atomic E-state index is -0.0688. The van der Waals surface area contributed by atoms with Crippen molar-refractivity contribution in [3.8, 4) is 0 Å². The molecule has 0 radical (unpaired) electrons. The fourth-order valence-electron chi connectivity index (χ4n) is 3.16. The number of aromatic nitrogens is 1. The summed E-state index contributed by atoms with van der Waals surface area (Å²) in [6.45, 7) is 2.56. The van der Waals surface area contributed by atoms with Crippen LogP contribution in [-0.4, -0.2) is 35.6 Å². The molecule has 2 aromatic rings. The summed E-state index contributed by atoms with van der Waals surface area (Å²) in [5.74, 6) is 0.729. The van der Waals surface area contributed by atoms with Gasteiger partial charge in [-0.05, 0) is 48.9 Å². The van der Waals surface area contributed by atoms with Crippen molar-refractivity contribution in [3.05, 3.63) is 59.3 Å². The fraction of sp³-hybridized carbons (Fsp3) is 0.400. The number of amides is 1. The zero-order chi connectivity index (χ0) is 17.5. The molecule has 1 aliphatic rings. The highest BCUT2D eigenvalue weighted by atomic mass is 16.3. The number of benzene rings is 1. The Hall–Kier alpha value is -2.40. The first-order valence-corrected chi connectivity index (χ1v) is 8.95. The second kappa shape index (κ2) is 8.62. The van der Waals surface area contributed by atoms with Gasteiger partial charge in [0.2, 0.25) is 0 Å². The number of aliphatic hydroxyl groups excluding tert-OH is 1. The topological polar surface area (TPSA) is 65.5 Å². The van der Waals surface area contributed by atoms with E-state index < -0.39 is 0 Å². The van der Waals surface area contributed by atoms with E-state index in [4.69, 9.17) is 5.11 Å². The van der Waals surface area contributed by atoms with Crippen LogP contribution in [0.4, 0.5) is 5.82 Å². The first-order chi connectivity index (χ1) is 12.3. The van der Waals surface area contributed by atoms with Crippen LogP contribution in [-0.2, 0) is 13.0 Å². The van der Waals surface area contributed by atoms with E-state index in [2.05, 4.69) is 15.2 Å². The van der Waals surface area contributed by atoms with Gasteiger partial charge in [0.05, 0.1) is 12.2 Å². The molecule has 25 heavy (non-hydrogen) atoms. The second-order valence-corrected chi connectivity index (χ2v) is 6.40. The maximum absolute atomic E-state index is 12.6. The predicted octanol–water partition coefficient (Wildman–Crippen LogP) is 2.54. The summed E-state index contributed by atoms with van der Waals surface area (Å²) < 4.78 is 0. The highest BCUT2D eigenvalue weighted by molar-refractivity contribution is 5.98. The van der Waals surface area contributed by atoms with E-state index in [1.165, 1.54) is 6.42 Å². The van der Waals surface area contributed by atoms with Gasteiger partial charge in [-0.3, -0.25) is 4.79 Å². The number of hydrogen-bond acceptors (Lipinski definition) is 4. The molecule has 0 saturated carbocycles. The van der Waals surface area contributed by atoms with Crippen molar-refractivity contribution in [2.45, 2.75) is 32.3 Å². The molecule has 3 rings (SSSR count). The smallest absolute Gasteiger partial charge is 0.255 e. The van der Waals surface area contributed by atoms with Crippen LogP contribution in [0.5, 0.6) is 0 Å². The Bertz CT molecular complexity index is 694. The van der Waals surface area contributed by atoms with Gasteiger partial charge in [-0.15, -0.1) is 0 Å². The Morgan fingerprint density at radius 2 is 1.80 bits per heavy atom. The number of nitrogens with one attached hydrogen (secondary N) is 1. The van der Waals surface area contributed by atoms with Gasteiger partial charge in [0.1, 0.15) is 5.82 Å². The third kappa shape index (κ3) is 4.57.